The van der Waals surface area contributed by atoms with Gasteiger partial charge in [-0.3, -0.25) is 14.4 Å². The largest absolute Gasteiger partial charge is 0.342 e. The summed E-state index contributed by atoms with van der Waals surface area (Å²) in [4.78, 5) is 37.6. The number of Topliss-reactive ketones (excluding diaryl/α,β-unsaturated/α-hetero) is 2. The molecule has 1 heterocycles. The van der Waals surface area contributed by atoms with E-state index in [4.69, 9.17) is 11.6 Å². The fourth-order valence-electron chi connectivity index (χ4n) is 4.01. The van der Waals surface area contributed by atoms with E-state index in [-0.39, 0.29) is 18.0 Å². The van der Waals surface area contributed by atoms with Gasteiger partial charge >= 0.3 is 0 Å². The molecule has 0 aliphatic carbocycles. The van der Waals surface area contributed by atoms with Gasteiger partial charge in [0.15, 0.2) is 5.78 Å². The number of nitrogens with one attached hydrogen (secondary N) is 1. The van der Waals surface area contributed by atoms with Gasteiger partial charge in [0, 0.05) is 29.5 Å². The Kier molecular flexibility index (Phi) is 8.89. The molecular formula is C29H26ClN5O3. The lowest BCUT2D eigenvalue weighted by atomic mass is 9.96. The number of carbonyl (C=O) groups excluding carboxylic acids is 3. The lowest BCUT2D eigenvalue weighted by molar-refractivity contribution is -0.125. The van der Waals surface area contributed by atoms with Crippen LogP contribution in [0, 0.1) is 0 Å². The maximum absolute atomic E-state index is 13.3. The molecular weight excluding hydrogens is 502 g/mol. The molecule has 1 aromatic heterocycles. The number of hydrogen-bond acceptors (Lipinski definition) is 6. The number of hydrogen-bond donors (Lipinski definition) is 1. The van der Waals surface area contributed by atoms with Crippen molar-refractivity contribution in [3.8, 4) is 5.69 Å². The molecule has 1 N–H and O–H groups in total. The summed E-state index contributed by atoms with van der Waals surface area (Å²) in [5, 5.41) is 14.6. The van der Waals surface area contributed by atoms with Crippen LogP contribution in [0.5, 0.6) is 0 Å². The summed E-state index contributed by atoms with van der Waals surface area (Å²) in [6.07, 6.45) is 5.28. The number of rotatable bonds is 11. The summed E-state index contributed by atoms with van der Waals surface area (Å²) < 4.78 is 1.47. The van der Waals surface area contributed by atoms with Crippen molar-refractivity contribution in [3.63, 3.8) is 0 Å². The van der Waals surface area contributed by atoms with Crippen molar-refractivity contribution >= 4 is 35.2 Å². The van der Waals surface area contributed by atoms with Gasteiger partial charge in [0.2, 0.25) is 5.91 Å². The van der Waals surface area contributed by atoms with Crippen LogP contribution in [0.15, 0.2) is 85.2 Å². The van der Waals surface area contributed by atoms with Crippen LogP contribution in [0.1, 0.15) is 29.2 Å². The van der Waals surface area contributed by atoms with E-state index in [1.54, 1.807) is 31.2 Å². The SMILES string of the molecule is CC(=O)Cc1ccc(CC(=O)[C@H](Cc2ccccc2)NC(=O)/C=C/c2cc(Cl)ccc2-n2cnnn2)cc1. The number of nitrogens with zero attached hydrogens (tertiary/aromatic N) is 4. The molecule has 0 aliphatic rings. The summed E-state index contributed by atoms with van der Waals surface area (Å²) in [6, 6.07) is 21.3. The summed E-state index contributed by atoms with van der Waals surface area (Å²) in [5.41, 5.74) is 3.93. The fourth-order valence-corrected chi connectivity index (χ4v) is 4.19. The molecule has 0 aliphatic heterocycles. The molecule has 0 fully saturated rings. The molecule has 3 aromatic carbocycles. The predicted octanol–water partition coefficient (Wildman–Crippen LogP) is 4.00. The van der Waals surface area contributed by atoms with Crippen molar-refractivity contribution in [1.29, 1.82) is 0 Å². The zero-order valence-corrected chi connectivity index (χ0v) is 21.5. The van der Waals surface area contributed by atoms with Crippen LogP contribution < -0.4 is 5.32 Å². The number of halogens is 1. The molecule has 4 aromatic rings. The third-order valence-electron chi connectivity index (χ3n) is 5.84. The first-order valence-electron chi connectivity index (χ1n) is 12.0. The number of aromatic nitrogens is 4. The van der Waals surface area contributed by atoms with Gasteiger partial charge in [0.1, 0.15) is 12.1 Å². The molecule has 9 heteroatoms. The third-order valence-corrected chi connectivity index (χ3v) is 6.08. The maximum atomic E-state index is 13.3. The van der Waals surface area contributed by atoms with E-state index in [2.05, 4.69) is 20.8 Å². The van der Waals surface area contributed by atoms with Gasteiger partial charge in [-0.15, -0.1) is 5.10 Å². The van der Waals surface area contributed by atoms with Gasteiger partial charge in [-0.1, -0.05) is 66.2 Å². The highest BCUT2D eigenvalue weighted by Gasteiger charge is 2.21. The predicted molar refractivity (Wildman–Crippen MR) is 145 cm³/mol. The topological polar surface area (TPSA) is 107 Å². The van der Waals surface area contributed by atoms with Crippen molar-refractivity contribution in [2.75, 3.05) is 0 Å². The highest BCUT2D eigenvalue weighted by Crippen LogP contribution is 2.20. The molecule has 4 rings (SSSR count). The van der Waals surface area contributed by atoms with Crippen molar-refractivity contribution in [1.82, 2.24) is 25.5 Å². The first-order chi connectivity index (χ1) is 18.4. The average Bonchev–Trinajstić information content (AvgIpc) is 3.43. The van der Waals surface area contributed by atoms with Gasteiger partial charge in [0.25, 0.3) is 0 Å². The van der Waals surface area contributed by atoms with Crippen molar-refractivity contribution in [3.05, 3.63) is 112 Å². The standard InChI is InChI=1S/C29H26ClN5O3/c1-20(36)15-22-7-9-23(10-8-22)17-28(37)26(16-21-5-3-2-4-6-21)32-29(38)14-11-24-18-25(30)12-13-27(24)35-19-31-33-34-35/h2-14,18-19,26H,15-17H2,1H3,(H,32,38)/b14-11+/t26-/m0/s1. The fraction of sp³-hybridized carbons (Fsp3) is 0.172. The quantitative estimate of drug-likeness (QED) is 0.295. The summed E-state index contributed by atoms with van der Waals surface area (Å²) in [7, 11) is 0. The minimum absolute atomic E-state index is 0.0790. The van der Waals surface area contributed by atoms with E-state index >= 15 is 0 Å². The Morgan fingerprint density at radius 1 is 0.947 bits per heavy atom. The Morgan fingerprint density at radius 2 is 1.66 bits per heavy atom. The number of benzene rings is 3. The monoisotopic (exact) mass is 527 g/mol. The summed E-state index contributed by atoms with van der Waals surface area (Å²) in [6.45, 7) is 1.54. The molecule has 0 saturated carbocycles. The van der Waals surface area contributed by atoms with Gasteiger partial charge in [-0.25, -0.2) is 0 Å². The molecule has 0 unspecified atom stereocenters. The lowest BCUT2D eigenvalue weighted by Gasteiger charge is -2.17. The van der Waals surface area contributed by atoms with Gasteiger partial charge in [-0.05, 0) is 64.7 Å². The van der Waals surface area contributed by atoms with Gasteiger partial charge in [-0.2, -0.15) is 4.68 Å². The molecule has 192 valence electrons. The highest BCUT2D eigenvalue weighted by molar-refractivity contribution is 6.30. The Bertz CT molecular complexity index is 1440. The van der Waals surface area contributed by atoms with E-state index < -0.39 is 11.9 Å². The number of carbonyl (C=O) groups is 3. The Balaban J connectivity index is 1.50. The Hall–Kier alpha value is -4.43. The third kappa shape index (κ3) is 7.54. The van der Waals surface area contributed by atoms with Gasteiger partial charge < -0.3 is 5.32 Å². The Morgan fingerprint density at radius 3 is 2.32 bits per heavy atom. The van der Waals surface area contributed by atoms with Crippen LogP contribution in [0.4, 0.5) is 0 Å². The lowest BCUT2D eigenvalue weighted by Crippen LogP contribution is -2.42. The number of tetrazole rings is 1. The summed E-state index contributed by atoms with van der Waals surface area (Å²) in [5.74, 6) is -0.457. The average molecular weight is 528 g/mol. The Labute approximate surface area is 225 Å². The van der Waals surface area contributed by atoms with Crippen LogP contribution in [0.25, 0.3) is 11.8 Å². The zero-order chi connectivity index (χ0) is 26.9. The van der Waals surface area contributed by atoms with Crippen LogP contribution in [0.3, 0.4) is 0 Å². The second kappa shape index (κ2) is 12.7. The smallest absolute Gasteiger partial charge is 0.244 e. The molecule has 0 saturated heterocycles. The molecule has 1 amide bonds. The van der Waals surface area contributed by atoms with Crippen molar-refractivity contribution in [2.24, 2.45) is 0 Å². The van der Waals surface area contributed by atoms with E-state index in [0.717, 1.165) is 16.7 Å². The molecule has 0 radical (unpaired) electrons. The van der Waals surface area contributed by atoms with E-state index in [1.165, 1.54) is 17.1 Å². The molecule has 8 nitrogen and oxygen atoms in total. The zero-order valence-electron chi connectivity index (χ0n) is 20.8. The minimum Gasteiger partial charge on any atom is -0.342 e. The first-order valence-corrected chi connectivity index (χ1v) is 12.4. The van der Waals surface area contributed by atoms with E-state index in [9.17, 15) is 14.4 Å². The minimum atomic E-state index is -0.732. The van der Waals surface area contributed by atoms with Crippen molar-refractivity contribution < 1.29 is 14.4 Å². The van der Waals surface area contributed by atoms with E-state index in [0.29, 0.717) is 29.1 Å². The second-order valence-corrected chi connectivity index (χ2v) is 9.32. The van der Waals surface area contributed by atoms with E-state index in [1.807, 2.05) is 54.6 Å². The number of amides is 1. The second-order valence-electron chi connectivity index (χ2n) is 8.88. The van der Waals surface area contributed by atoms with Gasteiger partial charge in [0.05, 0.1) is 11.7 Å². The summed E-state index contributed by atoms with van der Waals surface area (Å²) >= 11 is 6.16. The highest BCUT2D eigenvalue weighted by atomic mass is 35.5. The van der Waals surface area contributed by atoms with Crippen LogP contribution in [-0.2, 0) is 33.6 Å². The van der Waals surface area contributed by atoms with Crippen LogP contribution >= 0.6 is 11.6 Å². The maximum Gasteiger partial charge on any atom is 0.244 e. The normalized spacial score (nSPS) is 11.8. The van der Waals surface area contributed by atoms with Crippen molar-refractivity contribution in [2.45, 2.75) is 32.2 Å². The van der Waals surface area contributed by atoms with Crippen LogP contribution in [0.2, 0.25) is 5.02 Å². The first kappa shape index (κ1) is 26.6. The molecule has 0 spiro atoms. The molecule has 38 heavy (non-hydrogen) atoms. The van der Waals surface area contributed by atoms with Crippen LogP contribution in [-0.4, -0.2) is 43.7 Å². The molecule has 1 atom stereocenters. The molecule has 0 bridgehead atoms. The number of ketones is 2.